The molecule has 2 unspecified atom stereocenters. The Balaban J connectivity index is 1.48. The van der Waals surface area contributed by atoms with Gasteiger partial charge in [-0.05, 0) is 82.2 Å². The normalized spacial score (nSPS) is 29.4. The second-order valence-corrected chi connectivity index (χ2v) is 11.2. The van der Waals surface area contributed by atoms with Crippen molar-refractivity contribution in [2.75, 3.05) is 23.8 Å². The molecule has 8 heteroatoms. The number of benzene rings is 2. The number of unbranched alkanes of at least 4 members (excludes halogenated alkanes) is 2. The van der Waals surface area contributed by atoms with E-state index in [2.05, 4.69) is 10.6 Å². The molecule has 3 amide bonds. The SMILES string of the molecule is Cc1ccc(C)c(NC(=O)C2N(CCCCCO)C(=O)[C@@H]3[C@@H](C(=O)Nc4ccccc4)[C@@]4(C)CCC23O4)c1. The molecule has 2 aromatic rings. The van der Waals surface area contributed by atoms with E-state index in [0.29, 0.717) is 43.6 Å². The van der Waals surface area contributed by atoms with Gasteiger partial charge >= 0.3 is 0 Å². The van der Waals surface area contributed by atoms with Crippen LogP contribution in [0.3, 0.4) is 0 Å². The van der Waals surface area contributed by atoms with Gasteiger partial charge in [0.1, 0.15) is 11.6 Å². The Morgan fingerprint density at radius 3 is 2.53 bits per heavy atom. The van der Waals surface area contributed by atoms with Crippen LogP contribution in [0.1, 0.15) is 50.2 Å². The fourth-order valence-electron chi connectivity index (χ4n) is 6.75. The molecule has 0 radical (unpaired) electrons. The summed E-state index contributed by atoms with van der Waals surface area (Å²) in [4.78, 5) is 43.4. The number of ether oxygens (including phenoxy) is 1. The first-order valence-electron chi connectivity index (χ1n) is 13.6. The Hall–Kier alpha value is -3.23. The third kappa shape index (κ3) is 4.39. The van der Waals surface area contributed by atoms with E-state index < -0.39 is 29.1 Å². The second-order valence-electron chi connectivity index (χ2n) is 11.2. The molecule has 3 fully saturated rings. The topological polar surface area (TPSA) is 108 Å². The third-order valence-electron chi connectivity index (χ3n) is 8.56. The zero-order valence-electron chi connectivity index (χ0n) is 22.3. The van der Waals surface area contributed by atoms with Crippen molar-refractivity contribution < 1.29 is 24.2 Å². The minimum absolute atomic E-state index is 0.0836. The number of likely N-dealkylation sites (tertiary alicyclic amines) is 1. The molecule has 1 spiro atoms. The van der Waals surface area contributed by atoms with E-state index in [-0.39, 0.29) is 24.3 Å². The number of nitrogens with one attached hydrogen (secondary N) is 2. The van der Waals surface area contributed by atoms with Gasteiger partial charge in [0, 0.05) is 24.5 Å². The zero-order chi connectivity index (χ0) is 27.1. The van der Waals surface area contributed by atoms with Gasteiger partial charge in [-0.2, -0.15) is 0 Å². The van der Waals surface area contributed by atoms with Crippen LogP contribution in [-0.2, 0) is 19.1 Å². The van der Waals surface area contributed by atoms with Crippen molar-refractivity contribution in [3.8, 4) is 0 Å². The molecule has 3 aliphatic rings. The molecule has 0 saturated carbocycles. The number of amides is 3. The molecular weight excluding hydrogens is 482 g/mol. The fourth-order valence-corrected chi connectivity index (χ4v) is 6.75. The Kier molecular flexibility index (Phi) is 7.05. The standard InChI is InChI=1S/C30H37N3O5/c1-19-12-13-20(2)22(18-19)32-27(36)25-30-15-14-29(3,38-30)23(26(35)31-21-10-6-4-7-11-21)24(30)28(37)33(25)16-8-5-9-17-34/h4,6-7,10-13,18,23-25,34H,5,8-9,14-17H2,1-3H3,(H,31,35)(H,32,36)/t23-,24-,25?,29+,30?/m0/s1. The van der Waals surface area contributed by atoms with Crippen molar-refractivity contribution in [2.45, 2.75) is 70.1 Å². The molecule has 0 aliphatic carbocycles. The van der Waals surface area contributed by atoms with Crippen molar-refractivity contribution in [1.82, 2.24) is 4.90 Å². The minimum atomic E-state index is -1.07. The smallest absolute Gasteiger partial charge is 0.250 e. The second kappa shape index (κ2) is 10.2. The number of carbonyl (C=O) groups excluding carboxylic acids is 3. The first kappa shape index (κ1) is 26.4. The number of rotatable bonds is 9. The van der Waals surface area contributed by atoms with Gasteiger partial charge in [-0.15, -0.1) is 0 Å². The van der Waals surface area contributed by atoms with Gasteiger partial charge in [-0.25, -0.2) is 0 Å². The first-order chi connectivity index (χ1) is 18.2. The highest BCUT2D eigenvalue weighted by atomic mass is 16.5. The molecule has 3 N–H and O–H groups in total. The molecule has 5 rings (SSSR count). The Morgan fingerprint density at radius 1 is 1.03 bits per heavy atom. The lowest BCUT2D eigenvalue weighted by Gasteiger charge is -2.33. The van der Waals surface area contributed by atoms with Crippen molar-refractivity contribution >= 4 is 29.1 Å². The summed E-state index contributed by atoms with van der Waals surface area (Å²) in [5, 5.41) is 15.3. The lowest BCUT2D eigenvalue weighted by Crippen LogP contribution is -2.53. The molecule has 5 atom stereocenters. The molecular formula is C30H37N3O5. The number of aryl methyl sites for hydroxylation is 2. The number of anilines is 2. The van der Waals surface area contributed by atoms with Crippen LogP contribution in [0.15, 0.2) is 48.5 Å². The third-order valence-corrected chi connectivity index (χ3v) is 8.56. The summed E-state index contributed by atoms with van der Waals surface area (Å²) in [5.41, 5.74) is 1.42. The lowest BCUT2D eigenvalue weighted by molar-refractivity contribution is -0.143. The lowest BCUT2D eigenvalue weighted by atomic mass is 9.66. The summed E-state index contributed by atoms with van der Waals surface area (Å²) >= 11 is 0. The maximum atomic E-state index is 14.1. The van der Waals surface area contributed by atoms with Crippen LogP contribution in [0.4, 0.5) is 11.4 Å². The molecule has 3 saturated heterocycles. The Labute approximate surface area is 223 Å². The molecule has 38 heavy (non-hydrogen) atoms. The van der Waals surface area contributed by atoms with Crippen LogP contribution in [0.2, 0.25) is 0 Å². The van der Waals surface area contributed by atoms with Crippen molar-refractivity contribution in [3.63, 3.8) is 0 Å². The molecule has 2 bridgehead atoms. The molecule has 8 nitrogen and oxygen atoms in total. The van der Waals surface area contributed by atoms with Gasteiger partial charge in [0.2, 0.25) is 17.7 Å². The predicted molar refractivity (Wildman–Crippen MR) is 144 cm³/mol. The highest BCUT2D eigenvalue weighted by Gasteiger charge is 2.77. The summed E-state index contributed by atoms with van der Waals surface area (Å²) in [5.74, 6) is -2.19. The van der Waals surface area contributed by atoms with Crippen LogP contribution in [0.25, 0.3) is 0 Å². The van der Waals surface area contributed by atoms with Gasteiger partial charge < -0.3 is 25.4 Å². The van der Waals surface area contributed by atoms with E-state index in [9.17, 15) is 19.5 Å². The van der Waals surface area contributed by atoms with E-state index in [1.54, 1.807) is 4.90 Å². The van der Waals surface area contributed by atoms with E-state index in [4.69, 9.17) is 4.74 Å². The van der Waals surface area contributed by atoms with Crippen molar-refractivity contribution in [2.24, 2.45) is 11.8 Å². The number of aliphatic hydroxyl groups excluding tert-OH is 1. The van der Waals surface area contributed by atoms with E-state index in [1.807, 2.05) is 69.3 Å². The van der Waals surface area contributed by atoms with Crippen molar-refractivity contribution in [1.29, 1.82) is 0 Å². The van der Waals surface area contributed by atoms with Gasteiger partial charge in [0.15, 0.2) is 0 Å². The minimum Gasteiger partial charge on any atom is -0.396 e. The number of fused-ring (bicyclic) bond motifs is 1. The number of hydrogen-bond donors (Lipinski definition) is 3. The summed E-state index contributed by atoms with van der Waals surface area (Å²) in [6.45, 7) is 6.25. The van der Waals surface area contributed by atoms with Crippen LogP contribution < -0.4 is 10.6 Å². The summed E-state index contributed by atoms with van der Waals surface area (Å²) in [7, 11) is 0. The van der Waals surface area contributed by atoms with E-state index in [0.717, 1.165) is 17.5 Å². The largest absolute Gasteiger partial charge is 0.396 e. The number of hydrogen-bond acceptors (Lipinski definition) is 5. The van der Waals surface area contributed by atoms with Gasteiger partial charge in [0.25, 0.3) is 0 Å². The maximum absolute atomic E-state index is 14.1. The number of aliphatic hydroxyl groups is 1. The Bertz CT molecular complexity index is 1230. The highest BCUT2D eigenvalue weighted by Crippen LogP contribution is 2.63. The Morgan fingerprint density at radius 2 is 1.79 bits per heavy atom. The molecule has 3 aliphatic heterocycles. The first-order valence-corrected chi connectivity index (χ1v) is 13.6. The van der Waals surface area contributed by atoms with Gasteiger partial charge in [0.05, 0.1) is 17.4 Å². The molecule has 0 aromatic heterocycles. The van der Waals surface area contributed by atoms with Crippen LogP contribution in [0.5, 0.6) is 0 Å². The van der Waals surface area contributed by atoms with Crippen LogP contribution in [-0.4, -0.2) is 58.1 Å². The fraction of sp³-hybridized carbons (Fsp3) is 0.500. The maximum Gasteiger partial charge on any atom is 0.250 e. The summed E-state index contributed by atoms with van der Waals surface area (Å²) < 4.78 is 6.67. The number of nitrogens with zero attached hydrogens (tertiary/aromatic N) is 1. The highest BCUT2D eigenvalue weighted by molar-refractivity contribution is 6.05. The summed E-state index contributed by atoms with van der Waals surface area (Å²) in [6.07, 6.45) is 3.15. The summed E-state index contributed by atoms with van der Waals surface area (Å²) in [6, 6.07) is 14.2. The monoisotopic (exact) mass is 519 g/mol. The number of carbonyl (C=O) groups is 3. The average Bonchev–Trinajstić information content (AvgIpc) is 3.45. The molecule has 3 heterocycles. The zero-order valence-corrected chi connectivity index (χ0v) is 22.3. The molecule has 202 valence electrons. The van der Waals surface area contributed by atoms with Crippen LogP contribution >= 0.6 is 0 Å². The van der Waals surface area contributed by atoms with Gasteiger partial charge in [-0.3, -0.25) is 14.4 Å². The van der Waals surface area contributed by atoms with Crippen molar-refractivity contribution in [3.05, 3.63) is 59.7 Å². The number of para-hydroxylation sites is 1. The van der Waals surface area contributed by atoms with Crippen LogP contribution in [0, 0.1) is 25.7 Å². The van der Waals surface area contributed by atoms with E-state index in [1.165, 1.54) is 0 Å². The average molecular weight is 520 g/mol. The van der Waals surface area contributed by atoms with E-state index >= 15 is 0 Å². The van der Waals surface area contributed by atoms with Gasteiger partial charge in [-0.1, -0.05) is 30.3 Å². The quantitative estimate of drug-likeness (QED) is 0.437. The predicted octanol–water partition coefficient (Wildman–Crippen LogP) is 3.81. The molecule has 2 aromatic carbocycles.